The average molecular weight is 669 g/mol. The molecule has 0 saturated carbocycles. The molecule has 0 aliphatic heterocycles. The first kappa shape index (κ1) is 33.0. The Bertz CT molecular complexity index is 1940. The molecule has 1 aromatic heterocycles. The second-order valence-corrected chi connectivity index (χ2v) is 12.2. The second-order valence-electron chi connectivity index (χ2n) is 10.1. The van der Waals surface area contributed by atoms with Crippen molar-refractivity contribution >= 4 is 67.9 Å². The number of ether oxygens (including phenoxy) is 3. The van der Waals surface area contributed by atoms with Gasteiger partial charge >= 0.3 is 0 Å². The molecule has 0 saturated heterocycles. The molecule has 0 fully saturated rings. The number of anilines is 2. The molecule has 4 aromatic carbocycles. The number of aryl methyl sites for hydroxylation is 1. The number of carbonyl (C=O) groups is 3. The van der Waals surface area contributed by atoms with Crippen molar-refractivity contribution < 1.29 is 28.6 Å². The molecular weight excluding hydrogens is 637 g/mol. The van der Waals surface area contributed by atoms with Gasteiger partial charge in [-0.1, -0.05) is 35.6 Å². The fourth-order valence-electron chi connectivity index (χ4n) is 4.49. The van der Waals surface area contributed by atoms with E-state index in [0.717, 1.165) is 20.7 Å². The highest BCUT2D eigenvalue weighted by molar-refractivity contribution is 8.00. The van der Waals surface area contributed by atoms with Crippen LogP contribution in [0.2, 0.25) is 0 Å². The normalized spacial score (nSPS) is 11.1. The van der Waals surface area contributed by atoms with Gasteiger partial charge in [-0.05, 0) is 73.2 Å². The van der Waals surface area contributed by atoms with Crippen LogP contribution in [-0.2, 0) is 9.59 Å². The number of hydrogen-bond acceptors (Lipinski definition) is 9. The summed E-state index contributed by atoms with van der Waals surface area (Å²) >= 11 is 2.79. The van der Waals surface area contributed by atoms with E-state index < -0.39 is 11.8 Å². The largest absolute Gasteiger partial charge is 0.496 e. The number of carbonyl (C=O) groups excluding carboxylic acids is 3. The third-order valence-corrected chi connectivity index (χ3v) is 8.78. The van der Waals surface area contributed by atoms with Gasteiger partial charge in [-0.2, -0.15) is 0 Å². The summed E-state index contributed by atoms with van der Waals surface area (Å²) in [6.45, 7) is 2.02. The van der Waals surface area contributed by atoms with Crippen LogP contribution in [0.3, 0.4) is 0 Å². The van der Waals surface area contributed by atoms with Crippen LogP contribution in [0.4, 0.5) is 10.8 Å². The number of aromatic nitrogens is 1. The summed E-state index contributed by atoms with van der Waals surface area (Å²) in [5.74, 6) is 0.276. The van der Waals surface area contributed by atoms with Crippen LogP contribution >= 0.6 is 23.1 Å². The number of nitrogens with one attached hydrogen (secondary N) is 3. The highest BCUT2D eigenvalue weighted by atomic mass is 32.2. The third-order valence-electron chi connectivity index (χ3n) is 6.84. The zero-order chi connectivity index (χ0) is 33.3. The SMILES string of the molecule is COc1cc(OC)c(OC)cc1/C=C(\NC(=O)c1ccccc1)C(=O)Nc1ccc(SCC(=O)Nc2nc3ccc(C)cc3s2)cc1. The summed E-state index contributed by atoms with van der Waals surface area (Å²) in [6, 6.07) is 24.9. The van der Waals surface area contributed by atoms with Gasteiger partial charge in [0, 0.05) is 27.8 Å². The van der Waals surface area contributed by atoms with Gasteiger partial charge in [-0.25, -0.2) is 4.98 Å². The van der Waals surface area contributed by atoms with Crippen molar-refractivity contribution in [2.24, 2.45) is 0 Å². The smallest absolute Gasteiger partial charge is 0.272 e. The number of rotatable bonds is 12. The van der Waals surface area contributed by atoms with Crippen molar-refractivity contribution in [3.8, 4) is 17.2 Å². The maximum atomic E-state index is 13.6. The molecule has 240 valence electrons. The lowest BCUT2D eigenvalue weighted by molar-refractivity contribution is -0.114. The minimum atomic E-state index is -0.558. The molecule has 47 heavy (non-hydrogen) atoms. The van der Waals surface area contributed by atoms with Gasteiger partial charge in [0.2, 0.25) is 5.91 Å². The van der Waals surface area contributed by atoms with Crippen LogP contribution in [0.15, 0.2) is 95.5 Å². The van der Waals surface area contributed by atoms with E-state index in [-0.39, 0.29) is 17.4 Å². The van der Waals surface area contributed by atoms with Crippen LogP contribution in [0, 0.1) is 6.92 Å². The zero-order valence-corrected chi connectivity index (χ0v) is 27.7. The molecule has 0 aliphatic rings. The maximum Gasteiger partial charge on any atom is 0.272 e. The first-order valence-electron chi connectivity index (χ1n) is 14.4. The van der Waals surface area contributed by atoms with Crippen molar-refractivity contribution in [3.63, 3.8) is 0 Å². The molecule has 0 unspecified atom stereocenters. The van der Waals surface area contributed by atoms with Crippen molar-refractivity contribution in [2.45, 2.75) is 11.8 Å². The molecule has 0 bridgehead atoms. The summed E-state index contributed by atoms with van der Waals surface area (Å²) in [7, 11) is 4.50. The van der Waals surface area contributed by atoms with Crippen molar-refractivity contribution in [1.29, 1.82) is 0 Å². The number of amides is 3. The van der Waals surface area contributed by atoms with Crippen molar-refractivity contribution in [3.05, 3.63) is 107 Å². The summed E-state index contributed by atoms with van der Waals surface area (Å²) < 4.78 is 17.3. The number of thiazole rings is 1. The third kappa shape index (κ3) is 8.48. The Hall–Kier alpha value is -5.33. The number of nitrogens with zero attached hydrogens (tertiary/aromatic N) is 1. The van der Waals surface area contributed by atoms with E-state index in [2.05, 4.69) is 20.9 Å². The molecule has 5 rings (SSSR count). The summed E-state index contributed by atoms with van der Waals surface area (Å²) in [4.78, 5) is 44.5. The number of methoxy groups -OCH3 is 3. The predicted octanol–water partition coefficient (Wildman–Crippen LogP) is 6.77. The quantitative estimate of drug-likeness (QED) is 0.0982. The van der Waals surface area contributed by atoms with Gasteiger partial charge in [-0.15, -0.1) is 11.8 Å². The molecule has 0 atom stereocenters. The molecule has 0 aliphatic carbocycles. The highest BCUT2D eigenvalue weighted by Gasteiger charge is 2.18. The number of thioether (sulfide) groups is 1. The Labute approximate surface area is 280 Å². The summed E-state index contributed by atoms with van der Waals surface area (Å²) in [6.07, 6.45) is 1.51. The first-order chi connectivity index (χ1) is 22.8. The lowest BCUT2D eigenvalue weighted by Crippen LogP contribution is -2.30. The molecule has 1 heterocycles. The Morgan fingerprint density at radius 3 is 2.23 bits per heavy atom. The van der Waals surface area contributed by atoms with Gasteiger partial charge in [-0.3, -0.25) is 14.4 Å². The standard InChI is InChI=1S/C35H32N4O6S2/c1-21-10-15-26-31(16-21)47-35(38-26)39-32(40)20-46-25-13-11-24(12-14-25)36-34(42)27(37-33(41)22-8-6-5-7-9-22)17-23-18-29(44-3)30(45-4)19-28(23)43-2/h5-19H,20H2,1-4H3,(H,36,42)(H,37,41)(H,38,39,40)/b27-17-. The summed E-state index contributed by atoms with van der Waals surface area (Å²) in [5, 5.41) is 8.98. The second kappa shape index (κ2) is 15.3. The molecular formula is C35H32N4O6S2. The first-order valence-corrected chi connectivity index (χ1v) is 16.2. The molecule has 3 amide bonds. The Balaban J connectivity index is 1.28. The van der Waals surface area contributed by atoms with Crippen LogP contribution in [0.25, 0.3) is 16.3 Å². The summed E-state index contributed by atoms with van der Waals surface area (Å²) in [5.41, 5.74) is 3.32. The topological polar surface area (TPSA) is 128 Å². The fourth-order valence-corrected chi connectivity index (χ4v) is 6.16. The van der Waals surface area contributed by atoms with E-state index >= 15 is 0 Å². The van der Waals surface area contributed by atoms with E-state index in [0.29, 0.717) is 39.2 Å². The molecule has 5 aromatic rings. The van der Waals surface area contributed by atoms with Crippen LogP contribution in [-0.4, -0.2) is 49.8 Å². The minimum Gasteiger partial charge on any atom is -0.496 e. The fraction of sp³-hybridized carbons (Fsp3) is 0.143. The van der Waals surface area contributed by atoms with Crippen molar-refractivity contribution in [1.82, 2.24) is 10.3 Å². The Kier molecular flexibility index (Phi) is 10.8. The van der Waals surface area contributed by atoms with Gasteiger partial charge < -0.3 is 30.2 Å². The Morgan fingerprint density at radius 1 is 0.830 bits per heavy atom. The van der Waals surface area contributed by atoms with Gasteiger partial charge in [0.15, 0.2) is 16.6 Å². The number of benzene rings is 4. The molecule has 10 nitrogen and oxygen atoms in total. The number of fused-ring (bicyclic) bond motifs is 1. The van der Waals surface area contributed by atoms with Gasteiger partial charge in [0.05, 0.1) is 37.3 Å². The van der Waals surface area contributed by atoms with Crippen LogP contribution in [0.1, 0.15) is 21.5 Å². The maximum absolute atomic E-state index is 13.6. The lowest BCUT2D eigenvalue weighted by Gasteiger charge is -2.15. The van der Waals surface area contributed by atoms with Gasteiger partial charge in [0.1, 0.15) is 11.4 Å². The lowest BCUT2D eigenvalue weighted by atomic mass is 10.1. The molecule has 0 spiro atoms. The molecule has 12 heteroatoms. The van der Waals surface area contributed by atoms with E-state index in [4.69, 9.17) is 14.2 Å². The monoisotopic (exact) mass is 668 g/mol. The zero-order valence-electron chi connectivity index (χ0n) is 26.1. The van der Waals surface area contributed by atoms with Crippen LogP contribution in [0.5, 0.6) is 17.2 Å². The highest BCUT2D eigenvalue weighted by Crippen LogP contribution is 2.36. The Morgan fingerprint density at radius 2 is 1.53 bits per heavy atom. The minimum absolute atomic E-state index is 0.0236. The van der Waals surface area contributed by atoms with Crippen LogP contribution < -0.4 is 30.2 Å². The van der Waals surface area contributed by atoms with E-state index in [1.165, 1.54) is 50.5 Å². The van der Waals surface area contributed by atoms with Gasteiger partial charge in [0.25, 0.3) is 11.8 Å². The molecule has 0 radical (unpaired) electrons. The predicted molar refractivity (Wildman–Crippen MR) is 187 cm³/mol. The average Bonchev–Trinajstić information content (AvgIpc) is 3.48. The van der Waals surface area contributed by atoms with E-state index in [9.17, 15) is 14.4 Å². The van der Waals surface area contributed by atoms with Crippen molar-refractivity contribution in [2.75, 3.05) is 37.7 Å². The number of hydrogen-bond donors (Lipinski definition) is 3. The molecule has 3 N–H and O–H groups in total. The van der Waals surface area contributed by atoms with E-state index in [1.54, 1.807) is 66.7 Å². The van der Waals surface area contributed by atoms with E-state index in [1.807, 2.05) is 25.1 Å².